The summed E-state index contributed by atoms with van der Waals surface area (Å²) in [4.78, 5) is 25.8. The number of allylic oxidation sites excluding steroid dienone is 2. The van der Waals surface area contributed by atoms with E-state index in [-0.39, 0.29) is 37.9 Å². The van der Waals surface area contributed by atoms with Crippen molar-refractivity contribution < 1.29 is 34.8 Å². The van der Waals surface area contributed by atoms with Crippen molar-refractivity contribution in [2.45, 2.75) is 45.3 Å². The summed E-state index contributed by atoms with van der Waals surface area (Å²) >= 11 is 0. The zero-order valence-corrected chi connectivity index (χ0v) is 15.9. The largest absolute Gasteiger partial charge is 0.459 e. The molecule has 0 aromatic heterocycles. The Labute approximate surface area is 159 Å². The molecule has 4 N–H and O–H groups in total. The lowest BCUT2D eigenvalue weighted by Crippen LogP contribution is -2.68. The summed E-state index contributed by atoms with van der Waals surface area (Å²) in [5, 5.41) is 40.5. The van der Waals surface area contributed by atoms with Crippen molar-refractivity contribution in [3.63, 3.8) is 0 Å². The summed E-state index contributed by atoms with van der Waals surface area (Å²) in [6, 6.07) is 0. The van der Waals surface area contributed by atoms with Crippen molar-refractivity contribution >= 4 is 11.8 Å². The van der Waals surface area contributed by atoms with Crippen LogP contribution in [0.3, 0.4) is 0 Å². The second kappa shape index (κ2) is 7.28. The first-order valence-corrected chi connectivity index (χ1v) is 9.71. The lowest BCUT2D eigenvalue weighted by molar-refractivity contribution is -0.241. The average molecular weight is 382 g/mol. The van der Waals surface area contributed by atoms with Gasteiger partial charge in [-0.3, -0.25) is 9.59 Å². The minimum absolute atomic E-state index is 0.0716. The van der Waals surface area contributed by atoms with Gasteiger partial charge in [0.2, 0.25) is 0 Å². The van der Waals surface area contributed by atoms with Gasteiger partial charge in [0.05, 0.1) is 12.0 Å². The number of carbonyl (C=O) groups is 2. The van der Waals surface area contributed by atoms with Crippen molar-refractivity contribution in [3.05, 3.63) is 12.2 Å². The number of cyclic esters (lactones) is 1. The molecule has 2 aliphatic carbocycles. The predicted octanol–water partition coefficient (Wildman–Crippen LogP) is 0.0498. The van der Waals surface area contributed by atoms with Crippen molar-refractivity contribution in [2.24, 2.45) is 34.5 Å². The molecule has 8 atom stereocenters. The summed E-state index contributed by atoms with van der Waals surface area (Å²) < 4.78 is 5.50. The van der Waals surface area contributed by atoms with Crippen LogP contribution < -0.4 is 0 Å². The molecule has 0 aromatic carbocycles. The Balaban J connectivity index is 2.09. The summed E-state index contributed by atoms with van der Waals surface area (Å²) in [7, 11) is 0. The number of fused-ring (bicyclic) bond motifs is 3. The molecule has 8 unspecified atom stereocenters. The van der Waals surface area contributed by atoms with Crippen LogP contribution >= 0.6 is 0 Å². The van der Waals surface area contributed by atoms with Gasteiger partial charge in [0.1, 0.15) is 6.10 Å². The van der Waals surface area contributed by atoms with Gasteiger partial charge in [0, 0.05) is 42.5 Å². The fourth-order valence-electron chi connectivity index (χ4n) is 5.87. The zero-order chi connectivity index (χ0) is 20.0. The molecule has 3 rings (SSSR count). The maximum atomic E-state index is 13.0. The maximum Gasteiger partial charge on any atom is 0.309 e. The lowest BCUT2D eigenvalue weighted by atomic mass is 9.43. The topological polar surface area (TPSA) is 124 Å². The molecule has 27 heavy (non-hydrogen) atoms. The first kappa shape index (κ1) is 20.5. The molecule has 0 spiro atoms. The molecule has 1 aliphatic heterocycles. The van der Waals surface area contributed by atoms with Crippen LogP contribution in [0.15, 0.2) is 12.2 Å². The van der Waals surface area contributed by atoms with Gasteiger partial charge >= 0.3 is 5.97 Å². The van der Waals surface area contributed by atoms with Crippen molar-refractivity contribution in [2.75, 3.05) is 19.8 Å². The average Bonchev–Trinajstić information content (AvgIpc) is 2.65. The first-order valence-electron chi connectivity index (χ1n) is 9.71. The predicted molar refractivity (Wildman–Crippen MR) is 95.3 cm³/mol. The Hall–Kier alpha value is -1.28. The molecule has 3 aliphatic rings. The number of hydrogen-bond donors (Lipinski definition) is 4. The summed E-state index contributed by atoms with van der Waals surface area (Å²) in [5.74, 6) is -2.73. The quantitative estimate of drug-likeness (QED) is 0.495. The van der Waals surface area contributed by atoms with Gasteiger partial charge in [-0.05, 0) is 31.3 Å². The van der Waals surface area contributed by atoms with Crippen LogP contribution in [0.5, 0.6) is 0 Å². The smallest absolute Gasteiger partial charge is 0.309 e. The highest BCUT2D eigenvalue weighted by molar-refractivity contribution is 5.95. The van der Waals surface area contributed by atoms with E-state index in [0.29, 0.717) is 12.8 Å². The molecule has 7 nitrogen and oxygen atoms in total. The van der Waals surface area contributed by atoms with E-state index in [9.17, 15) is 30.0 Å². The van der Waals surface area contributed by atoms with E-state index in [1.165, 1.54) is 6.08 Å². The normalized spacial score (nSPS) is 45.0. The highest BCUT2D eigenvalue weighted by Gasteiger charge is 2.68. The first-order chi connectivity index (χ1) is 12.8. The summed E-state index contributed by atoms with van der Waals surface area (Å²) in [5.41, 5.74) is -1.84. The number of esters is 1. The van der Waals surface area contributed by atoms with E-state index in [4.69, 9.17) is 4.74 Å². The SMILES string of the molecule is CC1C=CC(=O)C2C1(CO)CCC1C(=O)OC(C(CO)CCO)C(O)C12C. The van der Waals surface area contributed by atoms with Gasteiger partial charge < -0.3 is 25.2 Å². The summed E-state index contributed by atoms with van der Waals surface area (Å²) in [6.07, 6.45) is 2.21. The van der Waals surface area contributed by atoms with Gasteiger partial charge in [-0.15, -0.1) is 0 Å². The molecule has 0 aromatic rings. The Morgan fingerprint density at radius 1 is 1.30 bits per heavy atom. The van der Waals surface area contributed by atoms with Crippen molar-refractivity contribution in [1.29, 1.82) is 0 Å². The standard InChI is InChI=1S/C20H30O7/c1-11-3-4-14(24)16-19(2)13(5-7-20(11,16)10-23)18(26)27-15(17(19)25)12(9-22)6-8-21/h3-4,11-13,15-17,21-23,25H,5-10H2,1-2H3. The number of ketones is 1. The highest BCUT2D eigenvalue weighted by atomic mass is 16.6. The third-order valence-electron chi connectivity index (χ3n) is 7.57. The van der Waals surface area contributed by atoms with E-state index in [1.54, 1.807) is 13.0 Å². The van der Waals surface area contributed by atoms with Gasteiger partial charge in [0.25, 0.3) is 0 Å². The molecular weight excluding hydrogens is 352 g/mol. The van der Waals surface area contributed by atoms with Crippen LogP contribution in [0.1, 0.15) is 33.1 Å². The number of hydrogen-bond acceptors (Lipinski definition) is 7. The molecule has 1 saturated heterocycles. The monoisotopic (exact) mass is 382 g/mol. The van der Waals surface area contributed by atoms with E-state index in [2.05, 4.69) is 0 Å². The van der Waals surface area contributed by atoms with E-state index < -0.39 is 46.8 Å². The second-order valence-corrected chi connectivity index (χ2v) is 8.63. The maximum absolute atomic E-state index is 13.0. The fraction of sp³-hybridized carbons (Fsp3) is 0.800. The van der Waals surface area contributed by atoms with E-state index in [1.807, 2.05) is 6.92 Å². The third-order valence-corrected chi connectivity index (χ3v) is 7.57. The van der Waals surface area contributed by atoms with Crippen LogP contribution in [0.2, 0.25) is 0 Å². The Kier molecular flexibility index (Phi) is 5.51. The van der Waals surface area contributed by atoms with Crippen LogP contribution in [0, 0.1) is 34.5 Å². The number of aliphatic hydroxyl groups excluding tert-OH is 4. The van der Waals surface area contributed by atoms with E-state index in [0.717, 1.165) is 0 Å². The Bertz CT molecular complexity index is 632. The molecule has 0 bridgehead atoms. The molecule has 152 valence electrons. The lowest BCUT2D eigenvalue weighted by Gasteiger charge is -2.62. The number of rotatable bonds is 5. The van der Waals surface area contributed by atoms with E-state index >= 15 is 0 Å². The Morgan fingerprint density at radius 2 is 2.00 bits per heavy atom. The van der Waals surface area contributed by atoms with Crippen LogP contribution in [-0.4, -0.2) is 64.2 Å². The van der Waals surface area contributed by atoms with Gasteiger partial charge in [0.15, 0.2) is 5.78 Å². The van der Waals surface area contributed by atoms with Crippen LogP contribution in [0.4, 0.5) is 0 Å². The van der Waals surface area contributed by atoms with Crippen molar-refractivity contribution in [1.82, 2.24) is 0 Å². The second-order valence-electron chi connectivity index (χ2n) is 8.63. The number of ether oxygens (including phenoxy) is 1. The minimum Gasteiger partial charge on any atom is -0.459 e. The number of carbonyl (C=O) groups excluding carboxylic acids is 2. The molecule has 0 radical (unpaired) electrons. The van der Waals surface area contributed by atoms with Gasteiger partial charge in [-0.1, -0.05) is 19.9 Å². The van der Waals surface area contributed by atoms with Gasteiger partial charge in [-0.2, -0.15) is 0 Å². The molecule has 2 fully saturated rings. The Morgan fingerprint density at radius 3 is 2.59 bits per heavy atom. The van der Waals surface area contributed by atoms with Crippen LogP contribution in [0.25, 0.3) is 0 Å². The van der Waals surface area contributed by atoms with Gasteiger partial charge in [-0.25, -0.2) is 0 Å². The summed E-state index contributed by atoms with van der Waals surface area (Å²) in [6.45, 7) is 2.92. The highest BCUT2D eigenvalue weighted by Crippen LogP contribution is 2.62. The number of aliphatic hydroxyl groups is 4. The minimum atomic E-state index is -1.18. The fourth-order valence-corrected chi connectivity index (χ4v) is 5.87. The molecule has 0 amide bonds. The molecular formula is C20H30O7. The zero-order valence-electron chi connectivity index (χ0n) is 15.9. The molecule has 1 heterocycles. The molecule has 1 saturated carbocycles. The molecule has 7 heteroatoms. The third kappa shape index (κ3) is 2.78. The van der Waals surface area contributed by atoms with Crippen LogP contribution in [-0.2, 0) is 14.3 Å². The van der Waals surface area contributed by atoms with Crippen molar-refractivity contribution in [3.8, 4) is 0 Å².